The summed E-state index contributed by atoms with van der Waals surface area (Å²) in [4.78, 5) is 12.4. The summed E-state index contributed by atoms with van der Waals surface area (Å²) in [5.41, 5.74) is 1.60. The minimum Gasteiger partial charge on any atom is -0.376 e. The second-order valence-corrected chi connectivity index (χ2v) is 8.37. The molecule has 0 unspecified atom stereocenters. The van der Waals surface area contributed by atoms with Crippen molar-refractivity contribution in [3.05, 3.63) is 23.8 Å². The molecule has 5 nitrogen and oxygen atoms in total. The zero-order chi connectivity index (χ0) is 16.9. The second kappa shape index (κ2) is 7.81. The van der Waals surface area contributed by atoms with E-state index in [2.05, 4.69) is 10.6 Å². The molecule has 1 fully saturated rings. The molecule has 0 aromatic heterocycles. The van der Waals surface area contributed by atoms with Crippen molar-refractivity contribution in [1.82, 2.24) is 5.32 Å². The Bertz CT molecular complexity index is 648. The first kappa shape index (κ1) is 17.8. The number of rotatable bonds is 5. The first-order chi connectivity index (χ1) is 10.9. The van der Waals surface area contributed by atoms with Crippen LogP contribution in [-0.2, 0) is 14.6 Å². The second-order valence-electron chi connectivity index (χ2n) is 6.36. The van der Waals surface area contributed by atoms with Gasteiger partial charge in [-0.3, -0.25) is 4.79 Å². The number of amides is 1. The molecule has 1 aliphatic rings. The fraction of sp³-hybridized carbons (Fsp3) is 0.588. The maximum atomic E-state index is 12.1. The van der Waals surface area contributed by atoms with E-state index in [9.17, 15) is 13.2 Å². The molecule has 2 N–H and O–H groups in total. The van der Waals surface area contributed by atoms with Gasteiger partial charge in [-0.2, -0.15) is 0 Å². The van der Waals surface area contributed by atoms with Gasteiger partial charge in [-0.25, -0.2) is 8.42 Å². The van der Waals surface area contributed by atoms with Crippen molar-refractivity contribution in [3.63, 3.8) is 0 Å². The number of carbonyl (C=O) groups excluding carboxylic acids is 1. The smallest absolute Gasteiger partial charge is 0.239 e. The van der Waals surface area contributed by atoms with E-state index in [4.69, 9.17) is 0 Å². The van der Waals surface area contributed by atoms with E-state index >= 15 is 0 Å². The van der Waals surface area contributed by atoms with Gasteiger partial charge in [-0.15, -0.1) is 0 Å². The first-order valence-corrected chi connectivity index (χ1v) is 10.1. The summed E-state index contributed by atoms with van der Waals surface area (Å²) in [7, 11) is -3.25. The number of aryl methyl sites for hydroxylation is 1. The Labute approximate surface area is 138 Å². The van der Waals surface area contributed by atoms with Crippen molar-refractivity contribution in [2.45, 2.75) is 56.4 Å². The predicted octanol–water partition coefficient (Wildman–Crippen LogP) is 2.65. The average Bonchev–Trinajstić information content (AvgIpc) is 2.74. The number of anilines is 1. The topological polar surface area (TPSA) is 75.3 Å². The van der Waals surface area contributed by atoms with E-state index in [-0.39, 0.29) is 23.4 Å². The van der Waals surface area contributed by atoms with Gasteiger partial charge in [0.2, 0.25) is 5.91 Å². The molecular formula is C17H26N2O3S. The molecule has 1 aliphatic carbocycles. The van der Waals surface area contributed by atoms with Gasteiger partial charge in [-0.1, -0.05) is 31.7 Å². The van der Waals surface area contributed by atoms with Gasteiger partial charge in [0, 0.05) is 18.0 Å². The Hall–Kier alpha value is -1.56. The van der Waals surface area contributed by atoms with Crippen molar-refractivity contribution >= 4 is 21.4 Å². The normalized spacial score (nSPS) is 16.6. The molecule has 1 saturated carbocycles. The lowest BCUT2D eigenvalue weighted by Gasteiger charge is -2.17. The summed E-state index contributed by atoms with van der Waals surface area (Å²) >= 11 is 0. The summed E-state index contributed by atoms with van der Waals surface area (Å²) in [6.45, 7) is 2.04. The number of benzene rings is 1. The maximum absolute atomic E-state index is 12.1. The highest BCUT2D eigenvalue weighted by Gasteiger charge is 2.15. The van der Waals surface area contributed by atoms with Crippen molar-refractivity contribution in [3.8, 4) is 0 Å². The van der Waals surface area contributed by atoms with Crippen molar-refractivity contribution in [1.29, 1.82) is 0 Å². The molecule has 0 radical (unpaired) electrons. The van der Waals surface area contributed by atoms with Crippen LogP contribution in [0.1, 0.15) is 44.1 Å². The SMILES string of the molecule is Cc1ccc(S(C)(=O)=O)cc1NCC(=O)NC1CCCCCC1. The van der Waals surface area contributed by atoms with E-state index in [1.54, 1.807) is 18.2 Å². The van der Waals surface area contributed by atoms with Gasteiger partial charge in [0.15, 0.2) is 9.84 Å². The number of hydrogen-bond donors (Lipinski definition) is 2. The molecule has 23 heavy (non-hydrogen) atoms. The lowest BCUT2D eigenvalue weighted by Crippen LogP contribution is -2.38. The molecule has 1 amide bonds. The van der Waals surface area contributed by atoms with Crippen molar-refractivity contribution < 1.29 is 13.2 Å². The predicted molar refractivity (Wildman–Crippen MR) is 92.4 cm³/mol. The van der Waals surface area contributed by atoms with Crippen LogP contribution in [0.15, 0.2) is 23.1 Å². The maximum Gasteiger partial charge on any atom is 0.239 e. The van der Waals surface area contributed by atoms with Crippen molar-refractivity contribution in [2.75, 3.05) is 18.1 Å². The standard InChI is InChI=1S/C17H26N2O3S/c1-13-9-10-15(23(2,21)22)11-16(13)18-12-17(20)19-14-7-5-3-4-6-8-14/h9-11,14,18H,3-8,12H2,1-2H3,(H,19,20). The fourth-order valence-electron chi connectivity index (χ4n) is 2.90. The summed E-state index contributed by atoms with van der Waals surface area (Å²) < 4.78 is 23.2. The van der Waals surface area contributed by atoms with E-state index in [1.165, 1.54) is 31.9 Å². The Morgan fingerprint density at radius 1 is 1.17 bits per heavy atom. The lowest BCUT2D eigenvalue weighted by molar-refractivity contribution is -0.120. The highest BCUT2D eigenvalue weighted by molar-refractivity contribution is 7.90. The molecule has 0 aliphatic heterocycles. The minimum atomic E-state index is -3.25. The van der Waals surface area contributed by atoms with Crippen LogP contribution in [0.25, 0.3) is 0 Å². The van der Waals surface area contributed by atoms with Gasteiger partial charge in [0.1, 0.15) is 0 Å². The molecule has 0 heterocycles. The van der Waals surface area contributed by atoms with Gasteiger partial charge >= 0.3 is 0 Å². The summed E-state index contributed by atoms with van der Waals surface area (Å²) in [5.74, 6) is -0.0407. The first-order valence-electron chi connectivity index (χ1n) is 8.20. The molecule has 0 spiro atoms. The molecule has 1 aromatic rings. The lowest BCUT2D eigenvalue weighted by atomic mass is 10.1. The average molecular weight is 338 g/mol. The molecule has 2 rings (SSSR count). The minimum absolute atomic E-state index is 0.0407. The van der Waals surface area contributed by atoms with Crippen LogP contribution in [0.4, 0.5) is 5.69 Å². The number of sulfone groups is 1. The number of hydrogen-bond acceptors (Lipinski definition) is 4. The number of carbonyl (C=O) groups is 1. The third-order valence-electron chi connectivity index (χ3n) is 4.30. The Morgan fingerprint density at radius 3 is 2.43 bits per heavy atom. The van der Waals surface area contributed by atoms with Crippen LogP contribution in [0.2, 0.25) is 0 Å². The molecule has 0 saturated heterocycles. The molecule has 1 aromatic carbocycles. The largest absolute Gasteiger partial charge is 0.376 e. The van der Waals surface area contributed by atoms with E-state index in [0.717, 1.165) is 18.4 Å². The summed E-state index contributed by atoms with van der Waals surface area (Å²) in [6.07, 6.45) is 8.13. The Kier molecular flexibility index (Phi) is 6.04. The molecule has 0 bridgehead atoms. The van der Waals surface area contributed by atoms with Gasteiger partial charge in [0.25, 0.3) is 0 Å². The third-order valence-corrected chi connectivity index (χ3v) is 5.41. The van der Waals surface area contributed by atoms with Crippen LogP contribution in [0, 0.1) is 6.92 Å². The zero-order valence-electron chi connectivity index (χ0n) is 13.9. The van der Waals surface area contributed by atoms with E-state index in [1.807, 2.05) is 6.92 Å². The number of nitrogens with one attached hydrogen (secondary N) is 2. The van der Waals surface area contributed by atoms with Crippen molar-refractivity contribution in [2.24, 2.45) is 0 Å². The van der Waals surface area contributed by atoms with Crippen LogP contribution in [0.3, 0.4) is 0 Å². The van der Waals surface area contributed by atoms with Crippen LogP contribution in [0.5, 0.6) is 0 Å². The van der Waals surface area contributed by atoms with Crippen LogP contribution < -0.4 is 10.6 Å². The monoisotopic (exact) mass is 338 g/mol. The summed E-state index contributed by atoms with van der Waals surface area (Å²) in [6, 6.07) is 5.20. The Morgan fingerprint density at radius 2 is 1.83 bits per heavy atom. The molecular weight excluding hydrogens is 312 g/mol. The molecule has 0 atom stereocenters. The van der Waals surface area contributed by atoms with E-state index in [0.29, 0.717) is 5.69 Å². The molecule has 128 valence electrons. The van der Waals surface area contributed by atoms with Gasteiger partial charge in [-0.05, 0) is 37.5 Å². The highest BCUT2D eigenvalue weighted by Crippen LogP contribution is 2.20. The van der Waals surface area contributed by atoms with Gasteiger partial charge in [0.05, 0.1) is 11.4 Å². The van der Waals surface area contributed by atoms with Crippen LogP contribution >= 0.6 is 0 Å². The van der Waals surface area contributed by atoms with Crippen LogP contribution in [-0.4, -0.2) is 33.2 Å². The summed E-state index contributed by atoms with van der Waals surface area (Å²) in [5, 5.41) is 6.13. The zero-order valence-corrected chi connectivity index (χ0v) is 14.7. The van der Waals surface area contributed by atoms with Gasteiger partial charge < -0.3 is 10.6 Å². The highest BCUT2D eigenvalue weighted by atomic mass is 32.2. The Balaban J connectivity index is 1.93. The quantitative estimate of drug-likeness (QED) is 0.809. The fourth-order valence-corrected chi connectivity index (χ4v) is 3.55. The molecule has 6 heteroatoms. The third kappa shape index (κ3) is 5.53. The van der Waals surface area contributed by atoms with E-state index < -0.39 is 9.84 Å².